The number of carbonyl (C=O) groups excluding carboxylic acids is 2. The first-order valence-corrected chi connectivity index (χ1v) is 10.8. The lowest BCUT2D eigenvalue weighted by molar-refractivity contribution is -0.133. The van der Waals surface area contributed by atoms with Gasteiger partial charge in [0.15, 0.2) is 6.61 Å². The first-order valence-electron chi connectivity index (χ1n) is 9.07. The molecule has 3 aromatic rings. The fourth-order valence-corrected chi connectivity index (χ4v) is 5.25. The minimum absolute atomic E-state index is 0.0214. The van der Waals surface area contributed by atoms with E-state index in [1.807, 2.05) is 24.4 Å². The number of benzene rings is 1. The predicted molar refractivity (Wildman–Crippen MR) is 110 cm³/mol. The molecule has 0 spiro atoms. The Kier molecular flexibility index (Phi) is 5.36. The highest BCUT2D eigenvalue weighted by atomic mass is 32.1. The fraction of sp³-hybridized carbons (Fsp3) is 0.421. The second-order valence-corrected chi connectivity index (χ2v) is 8.75. The zero-order valence-corrected chi connectivity index (χ0v) is 17.4. The minimum atomic E-state index is -0.349. The van der Waals surface area contributed by atoms with Crippen molar-refractivity contribution in [2.45, 2.75) is 13.3 Å². The highest BCUT2D eigenvalue weighted by Crippen LogP contribution is 2.38. The van der Waals surface area contributed by atoms with E-state index in [9.17, 15) is 9.59 Å². The fourth-order valence-electron chi connectivity index (χ4n) is 3.42. The van der Waals surface area contributed by atoms with Gasteiger partial charge in [-0.2, -0.15) is 0 Å². The molecule has 0 saturated carbocycles. The topological polar surface area (TPSA) is 72.0 Å². The molecule has 1 aromatic carbocycles. The van der Waals surface area contributed by atoms with Crippen LogP contribution in [0, 0.1) is 6.92 Å². The first kappa shape index (κ1) is 18.9. The molecule has 7 nitrogen and oxygen atoms in total. The van der Waals surface area contributed by atoms with Crippen LogP contribution in [0.25, 0.3) is 20.3 Å². The van der Waals surface area contributed by atoms with E-state index in [1.54, 1.807) is 32.5 Å². The number of aryl methyl sites for hydroxylation is 1. The molecule has 1 aliphatic heterocycles. The number of fused-ring (bicyclic) bond motifs is 3. The Balaban J connectivity index is 1.46. The molecule has 2 amide bonds. The molecule has 0 bridgehead atoms. The Morgan fingerprint density at radius 2 is 2.00 bits per heavy atom. The molecule has 1 fully saturated rings. The zero-order valence-electron chi connectivity index (χ0n) is 15.8. The lowest BCUT2D eigenvalue weighted by Crippen LogP contribution is -2.39. The van der Waals surface area contributed by atoms with Crippen LogP contribution in [0.2, 0.25) is 0 Å². The molecule has 0 unspecified atom stereocenters. The highest BCUT2D eigenvalue weighted by Gasteiger charge is 2.23. The molecule has 1 aliphatic rings. The SMILES string of the molecule is COC(=O)N1CCCN(C(=O)COc2cc3sc(C)nc3c3sccc23)CC1. The van der Waals surface area contributed by atoms with Gasteiger partial charge in [-0.25, -0.2) is 9.78 Å². The van der Waals surface area contributed by atoms with Gasteiger partial charge in [-0.3, -0.25) is 4.79 Å². The van der Waals surface area contributed by atoms with Gasteiger partial charge in [-0.05, 0) is 24.8 Å². The van der Waals surface area contributed by atoms with Gasteiger partial charge in [0.1, 0.15) is 5.75 Å². The van der Waals surface area contributed by atoms with Crippen molar-refractivity contribution in [2.75, 3.05) is 39.9 Å². The Morgan fingerprint density at radius 3 is 2.82 bits per heavy atom. The molecular formula is C19H21N3O4S2. The summed E-state index contributed by atoms with van der Waals surface area (Å²) in [4.78, 5) is 32.4. The molecule has 0 radical (unpaired) electrons. The van der Waals surface area contributed by atoms with Gasteiger partial charge < -0.3 is 19.3 Å². The second-order valence-electron chi connectivity index (χ2n) is 6.60. The van der Waals surface area contributed by atoms with E-state index in [2.05, 4.69) is 4.98 Å². The Bertz CT molecular complexity index is 1030. The molecular weight excluding hydrogens is 398 g/mol. The van der Waals surface area contributed by atoms with Crippen LogP contribution in [-0.2, 0) is 9.53 Å². The molecule has 1 saturated heterocycles. The molecule has 3 heterocycles. The monoisotopic (exact) mass is 419 g/mol. The molecule has 148 valence electrons. The quantitative estimate of drug-likeness (QED) is 0.650. The maximum absolute atomic E-state index is 12.7. The van der Waals surface area contributed by atoms with E-state index < -0.39 is 0 Å². The Morgan fingerprint density at radius 1 is 1.21 bits per heavy atom. The lowest BCUT2D eigenvalue weighted by Gasteiger charge is -2.21. The predicted octanol–water partition coefficient (Wildman–Crippen LogP) is 3.50. The van der Waals surface area contributed by atoms with Crippen LogP contribution in [-0.4, -0.2) is 66.7 Å². The maximum atomic E-state index is 12.7. The van der Waals surface area contributed by atoms with E-state index in [0.29, 0.717) is 31.9 Å². The normalized spacial score (nSPS) is 15.1. The number of carbonyl (C=O) groups is 2. The number of amides is 2. The third-order valence-electron chi connectivity index (χ3n) is 4.80. The number of aromatic nitrogens is 1. The van der Waals surface area contributed by atoms with Crippen molar-refractivity contribution in [3.63, 3.8) is 0 Å². The van der Waals surface area contributed by atoms with Gasteiger partial charge in [-0.1, -0.05) is 0 Å². The zero-order chi connectivity index (χ0) is 19.7. The van der Waals surface area contributed by atoms with Crippen LogP contribution >= 0.6 is 22.7 Å². The summed E-state index contributed by atoms with van der Waals surface area (Å²) >= 11 is 3.26. The maximum Gasteiger partial charge on any atom is 0.409 e. The second kappa shape index (κ2) is 7.92. The van der Waals surface area contributed by atoms with Gasteiger partial charge in [-0.15, -0.1) is 22.7 Å². The van der Waals surface area contributed by atoms with Crippen molar-refractivity contribution in [2.24, 2.45) is 0 Å². The number of rotatable bonds is 3. The summed E-state index contributed by atoms with van der Waals surface area (Å²) in [6.45, 7) is 4.12. The average molecular weight is 420 g/mol. The summed E-state index contributed by atoms with van der Waals surface area (Å²) in [7, 11) is 1.37. The smallest absolute Gasteiger partial charge is 0.409 e. The summed E-state index contributed by atoms with van der Waals surface area (Å²) in [5.41, 5.74) is 1.00. The van der Waals surface area contributed by atoms with Gasteiger partial charge in [0.05, 0.1) is 27.0 Å². The van der Waals surface area contributed by atoms with Crippen molar-refractivity contribution >= 4 is 55.0 Å². The van der Waals surface area contributed by atoms with Crippen molar-refractivity contribution in [1.82, 2.24) is 14.8 Å². The molecule has 0 aliphatic carbocycles. The number of methoxy groups -OCH3 is 1. The van der Waals surface area contributed by atoms with E-state index in [1.165, 1.54) is 7.11 Å². The van der Waals surface area contributed by atoms with Gasteiger partial charge in [0, 0.05) is 37.6 Å². The molecule has 0 N–H and O–H groups in total. The number of thiophene rings is 1. The van der Waals surface area contributed by atoms with Crippen molar-refractivity contribution in [3.05, 3.63) is 22.5 Å². The highest BCUT2D eigenvalue weighted by molar-refractivity contribution is 7.21. The van der Waals surface area contributed by atoms with Gasteiger partial charge >= 0.3 is 6.09 Å². The Labute approximate surface area is 170 Å². The van der Waals surface area contributed by atoms with E-state index in [-0.39, 0.29) is 18.6 Å². The number of nitrogens with zero attached hydrogens (tertiary/aromatic N) is 3. The number of thiazole rings is 1. The van der Waals surface area contributed by atoms with E-state index >= 15 is 0 Å². The summed E-state index contributed by atoms with van der Waals surface area (Å²) in [6, 6.07) is 3.98. The molecule has 0 atom stereocenters. The van der Waals surface area contributed by atoms with Crippen molar-refractivity contribution in [1.29, 1.82) is 0 Å². The van der Waals surface area contributed by atoms with Gasteiger partial charge in [0.25, 0.3) is 5.91 Å². The van der Waals surface area contributed by atoms with Crippen LogP contribution in [0.4, 0.5) is 4.79 Å². The Hall–Kier alpha value is -2.39. The molecule has 9 heteroatoms. The minimum Gasteiger partial charge on any atom is -0.483 e. The number of ether oxygens (including phenoxy) is 2. The van der Waals surface area contributed by atoms with Crippen LogP contribution in [0.3, 0.4) is 0 Å². The van der Waals surface area contributed by atoms with Crippen molar-refractivity contribution in [3.8, 4) is 5.75 Å². The lowest BCUT2D eigenvalue weighted by atomic mass is 10.2. The van der Waals surface area contributed by atoms with Crippen LogP contribution < -0.4 is 4.74 Å². The van der Waals surface area contributed by atoms with Crippen LogP contribution in [0.15, 0.2) is 17.5 Å². The summed E-state index contributed by atoms with van der Waals surface area (Å²) < 4.78 is 12.9. The van der Waals surface area contributed by atoms with Crippen molar-refractivity contribution < 1.29 is 19.1 Å². The van der Waals surface area contributed by atoms with E-state index in [4.69, 9.17) is 9.47 Å². The number of hydrogen-bond donors (Lipinski definition) is 0. The molecule has 4 rings (SSSR count). The number of hydrogen-bond acceptors (Lipinski definition) is 7. The van der Waals surface area contributed by atoms with E-state index in [0.717, 1.165) is 31.7 Å². The van der Waals surface area contributed by atoms with Gasteiger partial charge in [0.2, 0.25) is 0 Å². The van der Waals surface area contributed by atoms with Crippen LogP contribution in [0.5, 0.6) is 5.75 Å². The summed E-state index contributed by atoms with van der Waals surface area (Å²) in [5, 5.41) is 4.02. The summed E-state index contributed by atoms with van der Waals surface area (Å²) in [5.74, 6) is 0.641. The standard InChI is InChI=1S/C19H21N3O4S2/c1-12-20-17-15(28-12)10-14(13-4-9-27-18(13)17)26-11-16(23)21-5-3-6-22(8-7-21)19(24)25-2/h4,9-10H,3,5-8,11H2,1-2H3. The largest absolute Gasteiger partial charge is 0.483 e. The third kappa shape index (κ3) is 3.64. The molecule has 2 aromatic heterocycles. The third-order valence-corrected chi connectivity index (χ3v) is 6.64. The van der Waals surface area contributed by atoms with Crippen LogP contribution in [0.1, 0.15) is 11.4 Å². The summed E-state index contributed by atoms with van der Waals surface area (Å²) in [6.07, 6.45) is 0.375. The molecule has 28 heavy (non-hydrogen) atoms. The first-order chi connectivity index (χ1) is 13.6. The average Bonchev–Trinajstić information content (AvgIpc) is 3.23.